The Kier molecular flexibility index (Phi) is 11.1. The smallest absolute Gasteiger partial charge is 0.334 e. The SMILES string of the molecule is CO[Si](C)(CCCOCCO[Si](C(C)C)(C(C)C)C(C)C)OC. The van der Waals surface area contributed by atoms with E-state index in [2.05, 4.69) is 48.1 Å². The molecule has 4 nitrogen and oxygen atoms in total. The fourth-order valence-corrected chi connectivity index (χ4v) is 10.5. The van der Waals surface area contributed by atoms with E-state index in [-0.39, 0.29) is 0 Å². The zero-order valence-corrected chi connectivity index (χ0v) is 18.9. The van der Waals surface area contributed by atoms with E-state index in [0.717, 1.165) is 19.1 Å². The fraction of sp³-hybridized carbons (Fsp3) is 1.00. The van der Waals surface area contributed by atoms with Gasteiger partial charge in [-0.3, -0.25) is 0 Å². The standard InChI is InChI=1S/C17H40O4Si2/c1-15(2)23(16(3)4,17(5)6)21-13-12-20-11-10-14-22(9,18-7)19-8/h15-17H,10-14H2,1-9H3. The van der Waals surface area contributed by atoms with E-state index in [1.807, 2.05) is 0 Å². The summed E-state index contributed by atoms with van der Waals surface area (Å²) in [7, 11) is -0.227. The van der Waals surface area contributed by atoms with E-state index < -0.39 is 16.9 Å². The van der Waals surface area contributed by atoms with E-state index in [0.29, 0.717) is 29.8 Å². The van der Waals surface area contributed by atoms with Crippen LogP contribution in [0.1, 0.15) is 48.0 Å². The maximum absolute atomic E-state index is 6.48. The molecule has 0 amide bonds. The lowest BCUT2D eigenvalue weighted by molar-refractivity contribution is 0.0926. The van der Waals surface area contributed by atoms with Gasteiger partial charge in [0.15, 0.2) is 8.32 Å². The Labute approximate surface area is 146 Å². The van der Waals surface area contributed by atoms with Crippen LogP contribution in [0.2, 0.25) is 29.2 Å². The average molecular weight is 365 g/mol. The van der Waals surface area contributed by atoms with Crippen LogP contribution in [-0.2, 0) is 18.0 Å². The fourth-order valence-electron chi connectivity index (χ4n) is 3.66. The summed E-state index contributed by atoms with van der Waals surface area (Å²) >= 11 is 0. The highest BCUT2D eigenvalue weighted by molar-refractivity contribution is 6.77. The summed E-state index contributed by atoms with van der Waals surface area (Å²) in [5.74, 6) is 0. The molecule has 23 heavy (non-hydrogen) atoms. The molecule has 0 heterocycles. The van der Waals surface area contributed by atoms with Gasteiger partial charge in [-0.2, -0.15) is 0 Å². The minimum absolute atomic E-state index is 0.623. The Balaban J connectivity index is 4.14. The highest BCUT2D eigenvalue weighted by Crippen LogP contribution is 2.42. The quantitative estimate of drug-likeness (QED) is 0.342. The van der Waals surface area contributed by atoms with Crippen LogP contribution in [0.3, 0.4) is 0 Å². The third kappa shape index (κ3) is 6.96. The highest BCUT2D eigenvalue weighted by Gasteiger charge is 2.44. The second-order valence-electron chi connectivity index (χ2n) is 7.42. The zero-order valence-electron chi connectivity index (χ0n) is 16.9. The van der Waals surface area contributed by atoms with Crippen LogP contribution >= 0.6 is 0 Å². The van der Waals surface area contributed by atoms with Gasteiger partial charge in [0.25, 0.3) is 0 Å². The molecule has 0 aliphatic heterocycles. The number of hydrogen-bond donors (Lipinski definition) is 0. The van der Waals surface area contributed by atoms with Gasteiger partial charge in [0.05, 0.1) is 13.2 Å². The predicted octanol–water partition coefficient (Wildman–Crippen LogP) is 4.95. The first kappa shape index (κ1) is 23.3. The van der Waals surface area contributed by atoms with Gasteiger partial charge < -0.3 is 18.0 Å². The van der Waals surface area contributed by atoms with Crippen molar-refractivity contribution in [2.24, 2.45) is 0 Å². The lowest BCUT2D eigenvalue weighted by atomic mass is 10.5. The van der Waals surface area contributed by atoms with Crippen LogP contribution in [-0.4, -0.2) is 50.9 Å². The summed E-state index contributed by atoms with van der Waals surface area (Å²) in [6, 6.07) is 0.962. The first-order valence-electron chi connectivity index (χ1n) is 8.98. The Morgan fingerprint density at radius 2 is 1.22 bits per heavy atom. The topological polar surface area (TPSA) is 36.9 Å². The number of hydrogen-bond acceptors (Lipinski definition) is 4. The molecule has 0 radical (unpaired) electrons. The molecule has 0 saturated carbocycles. The molecule has 140 valence electrons. The van der Waals surface area contributed by atoms with Gasteiger partial charge in [-0.1, -0.05) is 41.5 Å². The molecule has 6 heteroatoms. The van der Waals surface area contributed by atoms with E-state index in [4.69, 9.17) is 18.0 Å². The molecule has 0 spiro atoms. The molecule has 0 unspecified atom stereocenters. The Hall–Kier alpha value is 0.274. The second kappa shape index (κ2) is 11.0. The third-order valence-corrected chi connectivity index (χ3v) is 14.2. The molecule has 0 N–H and O–H groups in total. The van der Waals surface area contributed by atoms with Crippen molar-refractivity contribution in [1.82, 2.24) is 0 Å². The van der Waals surface area contributed by atoms with Crippen LogP contribution in [0.15, 0.2) is 0 Å². The minimum atomic E-state index is -1.94. The van der Waals surface area contributed by atoms with Crippen LogP contribution in [0, 0.1) is 0 Å². The van der Waals surface area contributed by atoms with Crippen molar-refractivity contribution in [3.8, 4) is 0 Å². The molecule has 0 bridgehead atoms. The van der Waals surface area contributed by atoms with Crippen molar-refractivity contribution in [3.05, 3.63) is 0 Å². The van der Waals surface area contributed by atoms with Crippen LogP contribution in [0.25, 0.3) is 0 Å². The van der Waals surface area contributed by atoms with Crippen LogP contribution in [0.5, 0.6) is 0 Å². The number of rotatable bonds is 13. The zero-order chi connectivity index (χ0) is 18.1. The summed E-state index contributed by atoms with van der Waals surface area (Å²) in [5, 5.41) is 0. The summed E-state index contributed by atoms with van der Waals surface area (Å²) in [6.07, 6.45) is 0.978. The van der Waals surface area contributed by atoms with Crippen molar-refractivity contribution < 1.29 is 18.0 Å². The van der Waals surface area contributed by atoms with Crippen molar-refractivity contribution in [2.45, 2.75) is 77.2 Å². The van der Waals surface area contributed by atoms with Crippen molar-refractivity contribution in [3.63, 3.8) is 0 Å². The molecule has 0 atom stereocenters. The monoisotopic (exact) mass is 364 g/mol. The summed E-state index contributed by atoms with van der Waals surface area (Å²) in [5.41, 5.74) is 1.87. The predicted molar refractivity (Wildman–Crippen MR) is 103 cm³/mol. The molecule has 0 aromatic rings. The van der Waals surface area contributed by atoms with Gasteiger partial charge in [-0.15, -0.1) is 0 Å². The van der Waals surface area contributed by atoms with Gasteiger partial charge in [-0.05, 0) is 35.6 Å². The summed E-state index contributed by atoms with van der Waals surface area (Å²) in [4.78, 5) is 0. The normalized spacial score (nSPS) is 13.6. The minimum Gasteiger partial charge on any atom is -0.414 e. The maximum Gasteiger partial charge on any atom is 0.334 e. The Morgan fingerprint density at radius 1 is 0.739 bits per heavy atom. The Bertz CT molecular complexity index is 283. The maximum atomic E-state index is 6.48. The first-order chi connectivity index (χ1) is 10.7. The van der Waals surface area contributed by atoms with Crippen LogP contribution in [0.4, 0.5) is 0 Å². The van der Waals surface area contributed by atoms with Crippen molar-refractivity contribution >= 4 is 16.9 Å². The highest BCUT2D eigenvalue weighted by atomic mass is 28.4. The molecule has 0 aromatic carbocycles. The van der Waals surface area contributed by atoms with E-state index in [1.54, 1.807) is 14.2 Å². The molecule has 0 rings (SSSR count). The van der Waals surface area contributed by atoms with Gasteiger partial charge in [0.1, 0.15) is 0 Å². The van der Waals surface area contributed by atoms with E-state index in [9.17, 15) is 0 Å². The molecule has 0 fully saturated rings. The van der Waals surface area contributed by atoms with Gasteiger partial charge in [0.2, 0.25) is 0 Å². The lowest BCUT2D eigenvalue weighted by Gasteiger charge is -2.42. The molecule has 0 aromatic heterocycles. The molecular weight excluding hydrogens is 324 g/mol. The molecular formula is C17H40O4Si2. The Morgan fingerprint density at radius 3 is 1.61 bits per heavy atom. The second-order valence-corrected chi connectivity index (χ2v) is 16.5. The number of ether oxygens (including phenoxy) is 1. The van der Waals surface area contributed by atoms with E-state index >= 15 is 0 Å². The lowest BCUT2D eigenvalue weighted by Crippen LogP contribution is -2.48. The van der Waals surface area contributed by atoms with Gasteiger partial charge >= 0.3 is 8.56 Å². The van der Waals surface area contributed by atoms with Gasteiger partial charge in [0, 0.05) is 20.8 Å². The average Bonchev–Trinajstić information content (AvgIpc) is 2.48. The molecule has 0 aliphatic carbocycles. The third-order valence-electron chi connectivity index (χ3n) is 5.07. The van der Waals surface area contributed by atoms with Gasteiger partial charge in [-0.25, -0.2) is 0 Å². The summed E-state index contributed by atoms with van der Waals surface area (Å²) < 4.78 is 23.2. The van der Waals surface area contributed by atoms with Crippen molar-refractivity contribution in [1.29, 1.82) is 0 Å². The first-order valence-corrected chi connectivity index (χ1v) is 13.6. The van der Waals surface area contributed by atoms with Crippen LogP contribution < -0.4 is 0 Å². The van der Waals surface area contributed by atoms with E-state index in [1.165, 1.54) is 0 Å². The largest absolute Gasteiger partial charge is 0.414 e. The molecule has 0 aliphatic rings. The summed E-state index contributed by atoms with van der Waals surface area (Å²) in [6.45, 7) is 18.1. The molecule has 0 saturated heterocycles. The van der Waals surface area contributed by atoms with Crippen molar-refractivity contribution in [2.75, 3.05) is 34.0 Å².